The van der Waals surface area contributed by atoms with Gasteiger partial charge in [0.1, 0.15) is 0 Å². The molecule has 0 saturated carbocycles. The van der Waals surface area contributed by atoms with E-state index in [1.807, 2.05) is 0 Å². The van der Waals surface area contributed by atoms with Gasteiger partial charge in [0.15, 0.2) is 0 Å². The monoisotopic (exact) mass is 328 g/mol. The highest BCUT2D eigenvalue weighted by Crippen LogP contribution is 2.23. The number of esters is 1. The summed E-state index contributed by atoms with van der Waals surface area (Å²) in [5.74, 6) is 0.941. The van der Waals surface area contributed by atoms with Crippen LogP contribution in [0.25, 0.3) is 0 Å². The van der Waals surface area contributed by atoms with E-state index < -0.39 is 0 Å². The number of unbranched alkanes of at least 4 members (excludes halogenated alkanes) is 2. The van der Waals surface area contributed by atoms with E-state index in [-0.39, 0.29) is 11.9 Å². The van der Waals surface area contributed by atoms with E-state index in [0.29, 0.717) is 25.0 Å². The number of hydrogen-bond donors (Lipinski definition) is 0. The van der Waals surface area contributed by atoms with Crippen molar-refractivity contribution in [2.75, 3.05) is 20.3 Å². The molecule has 3 atom stereocenters. The van der Waals surface area contributed by atoms with Gasteiger partial charge in [0.2, 0.25) is 0 Å². The lowest BCUT2D eigenvalue weighted by molar-refractivity contribution is -0.152. The summed E-state index contributed by atoms with van der Waals surface area (Å²) in [6, 6.07) is 0. The summed E-state index contributed by atoms with van der Waals surface area (Å²) < 4.78 is 10.9. The van der Waals surface area contributed by atoms with Crippen molar-refractivity contribution in [2.45, 2.75) is 85.5 Å². The third-order valence-electron chi connectivity index (χ3n) is 4.87. The summed E-state index contributed by atoms with van der Waals surface area (Å²) in [6.45, 7) is 9.86. The first kappa shape index (κ1) is 22.4. The Balaban J connectivity index is 4.41. The molecule has 0 fully saturated rings. The Bertz CT molecular complexity index is 278. The molecule has 0 rings (SSSR count). The van der Waals surface area contributed by atoms with Crippen molar-refractivity contribution in [2.24, 2.45) is 17.8 Å². The lowest BCUT2D eigenvalue weighted by Crippen LogP contribution is -2.26. The molecule has 0 aromatic heterocycles. The zero-order valence-corrected chi connectivity index (χ0v) is 16.2. The molecule has 138 valence electrons. The molecular weight excluding hydrogens is 288 g/mol. The number of methoxy groups -OCH3 is 1. The van der Waals surface area contributed by atoms with Gasteiger partial charge in [-0.1, -0.05) is 72.6 Å². The summed E-state index contributed by atoms with van der Waals surface area (Å²) in [5.41, 5.74) is 0. The molecule has 0 N–H and O–H groups in total. The van der Waals surface area contributed by atoms with Crippen LogP contribution >= 0.6 is 0 Å². The zero-order chi connectivity index (χ0) is 17.5. The Morgan fingerprint density at radius 3 is 1.91 bits per heavy atom. The quantitative estimate of drug-likeness (QED) is 0.366. The van der Waals surface area contributed by atoms with Crippen LogP contribution in [0.2, 0.25) is 0 Å². The predicted molar refractivity (Wildman–Crippen MR) is 97.6 cm³/mol. The molecule has 0 aromatic carbocycles. The lowest BCUT2D eigenvalue weighted by atomic mass is 9.89. The van der Waals surface area contributed by atoms with Crippen LogP contribution in [-0.2, 0) is 14.3 Å². The zero-order valence-electron chi connectivity index (χ0n) is 16.2. The molecule has 0 radical (unpaired) electrons. The Hall–Kier alpha value is -0.570. The van der Waals surface area contributed by atoms with E-state index in [4.69, 9.17) is 9.47 Å². The Morgan fingerprint density at radius 1 is 0.870 bits per heavy atom. The Morgan fingerprint density at radius 2 is 1.43 bits per heavy atom. The van der Waals surface area contributed by atoms with Gasteiger partial charge in [0.25, 0.3) is 0 Å². The minimum absolute atomic E-state index is 0.0586. The van der Waals surface area contributed by atoms with E-state index in [1.54, 1.807) is 7.11 Å². The second-order valence-electron chi connectivity index (χ2n) is 6.85. The first-order chi connectivity index (χ1) is 11.1. The van der Waals surface area contributed by atoms with Crippen LogP contribution < -0.4 is 0 Å². The van der Waals surface area contributed by atoms with Gasteiger partial charge < -0.3 is 9.47 Å². The smallest absolute Gasteiger partial charge is 0.311 e. The van der Waals surface area contributed by atoms with Crippen molar-refractivity contribution >= 4 is 5.97 Å². The molecule has 3 unspecified atom stereocenters. The number of carbonyl (C=O) groups is 1. The molecule has 0 amide bonds. The largest absolute Gasteiger partial charge is 0.465 e. The Kier molecular flexibility index (Phi) is 14.6. The summed E-state index contributed by atoms with van der Waals surface area (Å²) in [6.07, 6.45) is 10.3. The molecule has 0 heterocycles. The van der Waals surface area contributed by atoms with Gasteiger partial charge in [-0.2, -0.15) is 0 Å². The van der Waals surface area contributed by atoms with Crippen LogP contribution in [0.5, 0.6) is 0 Å². The first-order valence-corrected chi connectivity index (χ1v) is 9.78. The third-order valence-corrected chi connectivity index (χ3v) is 4.87. The predicted octanol–water partition coefficient (Wildman–Crippen LogP) is 5.62. The minimum Gasteiger partial charge on any atom is -0.465 e. The second kappa shape index (κ2) is 15.0. The van der Waals surface area contributed by atoms with Crippen LogP contribution in [0.15, 0.2) is 0 Å². The molecule has 3 nitrogen and oxygen atoms in total. The highest BCUT2D eigenvalue weighted by Gasteiger charge is 2.24. The molecule has 3 heteroatoms. The van der Waals surface area contributed by atoms with Crippen LogP contribution in [-0.4, -0.2) is 26.3 Å². The van der Waals surface area contributed by atoms with Crippen LogP contribution in [0.4, 0.5) is 0 Å². The van der Waals surface area contributed by atoms with E-state index in [9.17, 15) is 4.79 Å². The van der Waals surface area contributed by atoms with Crippen molar-refractivity contribution < 1.29 is 14.3 Å². The van der Waals surface area contributed by atoms with Gasteiger partial charge in [-0.3, -0.25) is 4.79 Å². The number of rotatable bonds is 15. The average molecular weight is 329 g/mol. The summed E-state index contributed by atoms with van der Waals surface area (Å²) >= 11 is 0. The van der Waals surface area contributed by atoms with Crippen molar-refractivity contribution in [1.29, 1.82) is 0 Å². The summed E-state index contributed by atoms with van der Waals surface area (Å²) in [7, 11) is 1.67. The molecule has 0 aliphatic rings. The van der Waals surface area contributed by atoms with Gasteiger partial charge in [0, 0.05) is 7.11 Å². The molecule has 0 aliphatic heterocycles. The van der Waals surface area contributed by atoms with Crippen LogP contribution in [0.1, 0.15) is 85.5 Å². The SMILES string of the molecule is CCCCC(CC)COC(=O)C(COC)CC(CC)CCCC. The minimum atomic E-state index is -0.106. The standard InChI is InChI=1S/C20H40O3/c1-6-10-12-17(8-3)14-19(16-22-5)20(21)23-15-18(9-4)13-11-7-2/h17-19H,6-16H2,1-5H3. The average Bonchev–Trinajstić information content (AvgIpc) is 2.57. The Labute approximate surface area is 144 Å². The van der Waals surface area contributed by atoms with Crippen LogP contribution in [0.3, 0.4) is 0 Å². The maximum Gasteiger partial charge on any atom is 0.311 e. The topological polar surface area (TPSA) is 35.5 Å². The fraction of sp³-hybridized carbons (Fsp3) is 0.950. The number of hydrogen-bond acceptors (Lipinski definition) is 3. The molecule has 0 saturated heterocycles. The van der Waals surface area contributed by atoms with E-state index in [0.717, 1.165) is 25.7 Å². The van der Waals surface area contributed by atoms with Crippen molar-refractivity contribution in [3.05, 3.63) is 0 Å². The first-order valence-electron chi connectivity index (χ1n) is 9.78. The lowest BCUT2D eigenvalue weighted by Gasteiger charge is -2.22. The van der Waals surface area contributed by atoms with E-state index >= 15 is 0 Å². The van der Waals surface area contributed by atoms with Gasteiger partial charge >= 0.3 is 5.97 Å². The molecule has 0 aliphatic carbocycles. The fourth-order valence-electron chi connectivity index (χ4n) is 3.03. The van der Waals surface area contributed by atoms with Crippen molar-refractivity contribution in [3.63, 3.8) is 0 Å². The molecule has 0 bridgehead atoms. The normalized spacial score (nSPS) is 15.2. The van der Waals surface area contributed by atoms with Gasteiger partial charge in [-0.05, 0) is 24.7 Å². The molecule has 0 aromatic rings. The van der Waals surface area contributed by atoms with Crippen molar-refractivity contribution in [3.8, 4) is 0 Å². The van der Waals surface area contributed by atoms with Gasteiger partial charge in [-0.25, -0.2) is 0 Å². The molecular formula is C20H40O3. The number of carbonyl (C=O) groups excluding carboxylic acids is 1. The number of ether oxygens (including phenoxy) is 2. The van der Waals surface area contributed by atoms with Crippen molar-refractivity contribution in [1.82, 2.24) is 0 Å². The fourth-order valence-corrected chi connectivity index (χ4v) is 3.03. The maximum atomic E-state index is 12.5. The second-order valence-corrected chi connectivity index (χ2v) is 6.85. The van der Waals surface area contributed by atoms with Crippen LogP contribution in [0, 0.1) is 17.8 Å². The highest BCUT2D eigenvalue weighted by molar-refractivity contribution is 5.72. The maximum absolute atomic E-state index is 12.5. The third kappa shape index (κ3) is 10.8. The van der Waals surface area contributed by atoms with E-state index in [1.165, 1.54) is 32.1 Å². The summed E-state index contributed by atoms with van der Waals surface area (Å²) in [5, 5.41) is 0. The van der Waals surface area contributed by atoms with Gasteiger partial charge in [-0.15, -0.1) is 0 Å². The summed E-state index contributed by atoms with van der Waals surface area (Å²) in [4.78, 5) is 12.5. The van der Waals surface area contributed by atoms with E-state index in [2.05, 4.69) is 27.7 Å². The highest BCUT2D eigenvalue weighted by atomic mass is 16.5. The molecule has 0 spiro atoms. The van der Waals surface area contributed by atoms with Gasteiger partial charge in [0.05, 0.1) is 19.1 Å². The molecule has 23 heavy (non-hydrogen) atoms.